The van der Waals surface area contributed by atoms with Crippen LogP contribution in [0.3, 0.4) is 0 Å². The summed E-state index contributed by atoms with van der Waals surface area (Å²) in [6.07, 6.45) is 0.693. The minimum atomic E-state index is -0.254. The molecule has 24 heavy (non-hydrogen) atoms. The Morgan fingerprint density at radius 1 is 1.12 bits per heavy atom. The van der Waals surface area contributed by atoms with E-state index in [1.54, 1.807) is 11.8 Å². The number of nitrogens with zero attached hydrogens (tertiary/aromatic N) is 2. The fraction of sp³-hybridized carbons (Fsp3) is 0.167. The number of hydrogen-bond donors (Lipinski definition) is 0. The Bertz CT molecular complexity index is 838. The zero-order valence-corrected chi connectivity index (χ0v) is 13.5. The van der Waals surface area contributed by atoms with Crippen molar-refractivity contribution in [1.29, 1.82) is 0 Å². The van der Waals surface area contributed by atoms with Gasteiger partial charge in [-0.3, -0.25) is 4.79 Å². The van der Waals surface area contributed by atoms with Crippen LogP contribution in [0.2, 0.25) is 0 Å². The zero-order chi connectivity index (χ0) is 16.4. The van der Waals surface area contributed by atoms with Gasteiger partial charge in [-0.15, -0.1) is 22.0 Å². The van der Waals surface area contributed by atoms with E-state index in [0.29, 0.717) is 18.2 Å². The number of aromatic nitrogens is 2. The van der Waals surface area contributed by atoms with Gasteiger partial charge in [-0.25, -0.2) is 0 Å². The van der Waals surface area contributed by atoms with E-state index in [4.69, 9.17) is 9.15 Å². The van der Waals surface area contributed by atoms with Gasteiger partial charge in [0.25, 0.3) is 5.89 Å². The first-order chi connectivity index (χ1) is 11.8. The van der Waals surface area contributed by atoms with Crippen molar-refractivity contribution in [3.63, 3.8) is 0 Å². The molecule has 1 atom stereocenters. The molecule has 1 aliphatic heterocycles. The normalized spacial score (nSPS) is 15.9. The molecule has 0 spiro atoms. The second-order valence-corrected chi connectivity index (χ2v) is 6.64. The van der Waals surface area contributed by atoms with Crippen LogP contribution < -0.4 is 0 Å². The van der Waals surface area contributed by atoms with E-state index >= 15 is 0 Å². The van der Waals surface area contributed by atoms with E-state index in [0.717, 1.165) is 10.5 Å². The Morgan fingerprint density at radius 2 is 1.92 bits per heavy atom. The van der Waals surface area contributed by atoms with Crippen LogP contribution in [0, 0.1) is 0 Å². The molecule has 0 fully saturated rings. The molecule has 5 nitrogen and oxygen atoms in total. The van der Waals surface area contributed by atoms with Crippen molar-refractivity contribution >= 4 is 17.7 Å². The van der Waals surface area contributed by atoms with Crippen molar-refractivity contribution in [2.24, 2.45) is 0 Å². The highest BCUT2D eigenvalue weighted by Crippen LogP contribution is 2.37. The Kier molecular flexibility index (Phi) is 4.04. The van der Waals surface area contributed by atoms with Crippen molar-refractivity contribution in [3.05, 3.63) is 66.1 Å². The van der Waals surface area contributed by atoms with E-state index in [-0.39, 0.29) is 17.8 Å². The number of benzene rings is 2. The maximum atomic E-state index is 12.2. The van der Waals surface area contributed by atoms with Gasteiger partial charge < -0.3 is 9.15 Å². The molecule has 2 aromatic carbocycles. The summed E-state index contributed by atoms with van der Waals surface area (Å²) in [4.78, 5) is 13.4. The van der Waals surface area contributed by atoms with E-state index in [9.17, 15) is 4.79 Å². The summed E-state index contributed by atoms with van der Waals surface area (Å²) in [7, 11) is 0. The highest BCUT2D eigenvalue weighted by Gasteiger charge is 2.29. The SMILES string of the molecule is O=C(OCc1nnc(-c2ccccc2)o1)[C@@H]1Cc2ccccc2S1. The number of fused-ring (bicyclic) bond motifs is 1. The Balaban J connectivity index is 1.36. The van der Waals surface area contributed by atoms with Crippen LogP contribution in [-0.4, -0.2) is 21.4 Å². The van der Waals surface area contributed by atoms with Gasteiger partial charge in [0, 0.05) is 10.5 Å². The van der Waals surface area contributed by atoms with Crippen LogP contribution in [0.15, 0.2) is 63.9 Å². The largest absolute Gasteiger partial charge is 0.455 e. The van der Waals surface area contributed by atoms with Crippen molar-refractivity contribution < 1.29 is 13.9 Å². The first-order valence-corrected chi connectivity index (χ1v) is 8.46. The molecule has 3 aromatic rings. The zero-order valence-electron chi connectivity index (χ0n) is 12.7. The van der Waals surface area contributed by atoms with E-state index < -0.39 is 0 Å². The molecule has 0 amide bonds. The van der Waals surface area contributed by atoms with Gasteiger partial charge in [-0.05, 0) is 30.2 Å². The summed E-state index contributed by atoms with van der Waals surface area (Å²) in [5.41, 5.74) is 2.03. The average molecular weight is 338 g/mol. The summed E-state index contributed by atoms with van der Waals surface area (Å²) in [5, 5.41) is 7.70. The molecule has 1 aliphatic rings. The minimum Gasteiger partial charge on any atom is -0.455 e. The molecule has 0 aliphatic carbocycles. The second-order valence-electron chi connectivity index (χ2n) is 5.39. The lowest BCUT2D eigenvalue weighted by Gasteiger charge is -2.07. The van der Waals surface area contributed by atoms with Gasteiger partial charge >= 0.3 is 5.97 Å². The third-order valence-corrected chi connectivity index (χ3v) is 5.03. The molecule has 1 aromatic heterocycles. The molecule has 2 heterocycles. The van der Waals surface area contributed by atoms with Crippen LogP contribution in [0.25, 0.3) is 11.5 Å². The first kappa shape index (κ1) is 15.0. The Labute approximate surface area is 143 Å². The molecule has 4 rings (SSSR count). The number of carbonyl (C=O) groups excluding carboxylic acids is 1. The van der Waals surface area contributed by atoms with Crippen LogP contribution in [0.4, 0.5) is 0 Å². The molecule has 120 valence electrons. The predicted molar refractivity (Wildman–Crippen MR) is 89.3 cm³/mol. The van der Waals surface area contributed by atoms with Gasteiger partial charge in [0.15, 0.2) is 6.61 Å². The number of hydrogen-bond acceptors (Lipinski definition) is 6. The maximum Gasteiger partial charge on any atom is 0.320 e. The predicted octanol–water partition coefficient (Wildman–Crippen LogP) is 3.50. The van der Waals surface area contributed by atoms with E-state index in [2.05, 4.69) is 10.2 Å². The summed E-state index contributed by atoms with van der Waals surface area (Å²) in [6, 6.07) is 17.5. The number of esters is 1. The van der Waals surface area contributed by atoms with Gasteiger partial charge in [0.1, 0.15) is 5.25 Å². The van der Waals surface area contributed by atoms with Crippen LogP contribution in [0.1, 0.15) is 11.5 Å². The highest BCUT2D eigenvalue weighted by molar-refractivity contribution is 8.01. The number of thioether (sulfide) groups is 1. The smallest absolute Gasteiger partial charge is 0.320 e. The van der Waals surface area contributed by atoms with Crippen LogP contribution in [0.5, 0.6) is 0 Å². The maximum absolute atomic E-state index is 12.2. The van der Waals surface area contributed by atoms with Crippen LogP contribution >= 0.6 is 11.8 Å². The molecular formula is C18H14N2O3S. The molecule has 6 heteroatoms. The van der Waals surface area contributed by atoms with Gasteiger partial charge in [-0.2, -0.15) is 0 Å². The molecule has 0 saturated carbocycles. The van der Waals surface area contributed by atoms with Crippen molar-refractivity contribution in [2.45, 2.75) is 23.2 Å². The third kappa shape index (κ3) is 3.05. The lowest BCUT2D eigenvalue weighted by Crippen LogP contribution is -2.19. The number of carbonyl (C=O) groups is 1. The summed E-state index contributed by atoms with van der Waals surface area (Å²) in [5.74, 6) is 0.461. The van der Waals surface area contributed by atoms with Gasteiger partial charge in [0.2, 0.25) is 5.89 Å². The fourth-order valence-corrected chi connectivity index (χ4v) is 3.74. The molecule has 0 saturated heterocycles. The molecule has 0 unspecified atom stereocenters. The van der Waals surface area contributed by atoms with Crippen LogP contribution in [-0.2, 0) is 22.6 Å². The summed E-state index contributed by atoms with van der Waals surface area (Å²) >= 11 is 1.54. The van der Waals surface area contributed by atoms with Crippen molar-refractivity contribution in [3.8, 4) is 11.5 Å². The lowest BCUT2D eigenvalue weighted by atomic mass is 10.1. The topological polar surface area (TPSA) is 65.2 Å². The van der Waals surface area contributed by atoms with Gasteiger partial charge in [0.05, 0.1) is 0 Å². The molecular weight excluding hydrogens is 324 g/mol. The summed E-state index contributed by atoms with van der Waals surface area (Å²) < 4.78 is 10.9. The Morgan fingerprint density at radius 3 is 2.75 bits per heavy atom. The fourth-order valence-electron chi connectivity index (χ4n) is 2.55. The summed E-state index contributed by atoms with van der Waals surface area (Å²) in [6.45, 7) is -0.00786. The minimum absolute atomic E-state index is 0.00786. The number of ether oxygens (including phenoxy) is 1. The second kappa shape index (κ2) is 6.49. The quantitative estimate of drug-likeness (QED) is 0.679. The van der Waals surface area contributed by atoms with Crippen molar-refractivity contribution in [2.75, 3.05) is 0 Å². The Hall–Kier alpha value is -2.60. The van der Waals surface area contributed by atoms with E-state index in [1.807, 2.05) is 54.6 Å². The highest BCUT2D eigenvalue weighted by atomic mass is 32.2. The first-order valence-electron chi connectivity index (χ1n) is 7.58. The van der Waals surface area contributed by atoms with Crippen molar-refractivity contribution in [1.82, 2.24) is 10.2 Å². The van der Waals surface area contributed by atoms with E-state index in [1.165, 1.54) is 5.56 Å². The standard InChI is InChI=1S/C18H14N2O3S/c21-18(15-10-13-8-4-5-9-14(13)24-15)22-11-16-19-20-17(23-16)12-6-2-1-3-7-12/h1-9,15H,10-11H2/t15-/m0/s1. The third-order valence-electron chi connectivity index (χ3n) is 3.74. The number of rotatable bonds is 4. The molecule has 0 radical (unpaired) electrons. The monoisotopic (exact) mass is 338 g/mol. The lowest BCUT2D eigenvalue weighted by molar-refractivity contribution is -0.144. The molecule has 0 N–H and O–H groups in total. The van der Waals surface area contributed by atoms with Gasteiger partial charge in [-0.1, -0.05) is 36.4 Å². The average Bonchev–Trinajstić information content (AvgIpc) is 3.27. The molecule has 0 bridgehead atoms.